The van der Waals surface area contributed by atoms with E-state index in [0.717, 1.165) is 0 Å². The van der Waals surface area contributed by atoms with Gasteiger partial charge in [0.1, 0.15) is 0 Å². The van der Waals surface area contributed by atoms with Gasteiger partial charge >= 0.3 is 0 Å². The molecule has 6 aromatic rings. The normalized spacial score (nSPS) is 15.0. The molecule has 2 aliphatic rings. The highest BCUT2D eigenvalue weighted by Gasteiger charge is 2.37. The van der Waals surface area contributed by atoms with Crippen LogP contribution in [0.25, 0.3) is 55.6 Å². The van der Waals surface area contributed by atoms with Crippen LogP contribution in [-0.2, 0) is 10.8 Å². The van der Waals surface area contributed by atoms with E-state index in [1.54, 1.807) is 0 Å². The Kier molecular flexibility index (Phi) is 5.32. The van der Waals surface area contributed by atoms with Crippen LogP contribution < -0.4 is 0 Å². The van der Waals surface area contributed by atoms with Crippen LogP contribution in [0.3, 0.4) is 0 Å². The summed E-state index contributed by atoms with van der Waals surface area (Å²) in [5.74, 6) is 0. The molecule has 0 spiro atoms. The van der Waals surface area contributed by atoms with Crippen molar-refractivity contribution in [3.63, 3.8) is 0 Å². The molecule has 0 aliphatic heterocycles. The summed E-state index contributed by atoms with van der Waals surface area (Å²) < 4.78 is 0. The summed E-state index contributed by atoms with van der Waals surface area (Å²) in [6, 6.07) is 49.7. The van der Waals surface area contributed by atoms with Crippen LogP contribution in [0.15, 0.2) is 133 Å². The molecule has 0 saturated carbocycles. The Morgan fingerprint density at radius 1 is 0.286 bits per heavy atom. The second kappa shape index (κ2) is 8.91. The second-order valence-electron chi connectivity index (χ2n) is 13.0. The standard InChI is InChI=1S/C42H34/c1-41(2)37-16-9-8-15-33(37)34-20-18-31(25-38(34)41)32-19-22-36-35-21-17-30(24-39(35)42(3,4)40(36)26-32)29-14-10-13-28(23-29)27-11-6-5-7-12-27/h5-26H,1-4H3. The topological polar surface area (TPSA) is 0 Å². The van der Waals surface area contributed by atoms with E-state index in [4.69, 9.17) is 0 Å². The summed E-state index contributed by atoms with van der Waals surface area (Å²) in [5.41, 5.74) is 18.7. The molecule has 0 heteroatoms. The van der Waals surface area contributed by atoms with Gasteiger partial charge in [0.15, 0.2) is 0 Å². The zero-order chi connectivity index (χ0) is 28.6. The molecule has 0 fully saturated rings. The molecule has 0 heterocycles. The lowest BCUT2D eigenvalue weighted by Gasteiger charge is -2.23. The van der Waals surface area contributed by atoms with Crippen molar-refractivity contribution in [2.75, 3.05) is 0 Å². The Balaban J connectivity index is 1.18. The molecule has 0 radical (unpaired) electrons. The summed E-state index contributed by atoms with van der Waals surface area (Å²) in [6.45, 7) is 9.48. The Bertz CT molecular complexity index is 2020. The minimum absolute atomic E-state index is 0.00237. The third-order valence-electron chi connectivity index (χ3n) is 9.90. The third kappa shape index (κ3) is 3.61. The maximum atomic E-state index is 2.45. The van der Waals surface area contributed by atoms with E-state index in [-0.39, 0.29) is 10.8 Å². The summed E-state index contributed by atoms with van der Waals surface area (Å²) in [5, 5.41) is 0. The quantitative estimate of drug-likeness (QED) is 0.210. The van der Waals surface area contributed by atoms with Crippen LogP contribution in [0.5, 0.6) is 0 Å². The third-order valence-corrected chi connectivity index (χ3v) is 9.90. The van der Waals surface area contributed by atoms with Gasteiger partial charge in [-0.3, -0.25) is 0 Å². The average Bonchev–Trinajstić information content (AvgIpc) is 3.40. The average molecular weight is 539 g/mol. The number of fused-ring (bicyclic) bond motifs is 6. The van der Waals surface area contributed by atoms with Crippen molar-refractivity contribution in [1.29, 1.82) is 0 Å². The fraction of sp³-hybridized carbons (Fsp3) is 0.143. The van der Waals surface area contributed by atoms with Gasteiger partial charge in [-0.1, -0.05) is 137 Å². The number of rotatable bonds is 3. The predicted molar refractivity (Wildman–Crippen MR) is 178 cm³/mol. The van der Waals surface area contributed by atoms with Gasteiger partial charge < -0.3 is 0 Å². The number of benzene rings is 6. The molecule has 2 aliphatic carbocycles. The first kappa shape index (κ1) is 25.1. The first-order chi connectivity index (χ1) is 20.3. The van der Waals surface area contributed by atoms with Gasteiger partial charge in [0.2, 0.25) is 0 Å². The molecule has 202 valence electrons. The van der Waals surface area contributed by atoms with Gasteiger partial charge in [-0.25, -0.2) is 0 Å². The van der Waals surface area contributed by atoms with Crippen LogP contribution in [0, 0.1) is 0 Å². The Morgan fingerprint density at radius 3 is 1.21 bits per heavy atom. The number of hydrogen-bond donors (Lipinski definition) is 0. The minimum atomic E-state index is -0.0834. The van der Waals surface area contributed by atoms with Gasteiger partial charge in [0.05, 0.1) is 0 Å². The predicted octanol–water partition coefficient (Wildman–Crippen LogP) is 11.3. The van der Waals surface area contributed by atoms with E-state index < -0.39 is 0 Å². The van der Waals surface area contributed by atoms with E-state index in [0.29, 0.717) is 0 Å². The van der Waals surface area contributed by atoms with Crippen LogP contribution in [0.1, 0.15) is 49.9 Å². The molecule has 0 N–H and O–H groups in total. The summed E-state index contributed by atoms with van der Waals surface area (Å²) in [6.07, 6.45) is 0. The van der Waals surface area contributed by atoms with Crippen LogP contribution >= 0.6 is 0 Å². The highest BCUT2D eigenvalue weighted by atomic mass is 14.4. The maximum absolute atomic E-state index is 2.45. The molecular formula is C42H34. The van der Waals surface area contributed by atoms with Gasteiger partial charge in [-0.05, 0) is 102 Å². The van der Waals surface area contributed by atoms with Crippen molar-refractivity contribution in [3.05, 3.63) is 156 Å². The zero-order valence-electron chi connectivity index (χ0n) is 24.7. The van der Waals surface area contributed by atoms with Gasteiger partial charge in [-0.15, -0.1) is 0 Å². The lowest BCUT2D eigenvalue weighted by molar-refractivity contribution is 0.659. The highest BCUT2D eigenvalue weighted by Crippen LogP contribution is 2.52. The molecule has 0 nitrogen and oxygen atoms in total. The Labute approximate surface area is 249 Å². The highest BCUT2D eigenvalue weighted by molar-refractivity contribution is 5.88. The minimum Gasteiger partial charge on any atom is -0.0622 e. The Morgan fingerprint density at radius 2 is 0.667 bits per heavy atom. The van der Waals surface area contributed by atoms with Gasteiger partial charge in [-0.2, -0.15) is 0 Å². The molecular weight excluding hydrogens is 504 g/mol. The Hall–Kier alpha value is -4.68. The summed E-state index contributed by atoms with van der Waals surface area (Å²) in [4.78, 5) is 0. The SMILES string of the molecule is CC1(C)c2ccccc2-c2ccc(-c3ccc4c(c3)C(C)(C)c3cc(-c5cccc(-c6ccccc6)c5)ccc3-4)cc21. The molecule has 0 aromatic heterocycles. The molecule has 42 heavy (non-hydrogen) atoms. The molecule has 8 rings (SSSR count). The lowest BCUT2D eigenvalue weighted by atomic mass is 9.80. The van der Waals surface area contributed by atoms with Crippen molar-refractivity contribution < 1.29 is 0 Å². The first-order valence-electron chi connectivity index (χ1n) is 15.0. The lowest BCUT2D eigenvalue weighted by Crippen LogP contribution is -2.15. The molecule has 0 unspecified atom stereocenters. The molecule has 0 saturated heterocycles. The summed E-state index contributed by atoms with van der Waals surface area (Å²) >= 11 is 0. The zero-order valence-corrected chi connectivity index (χ0v) is 24.7. The molecule has 0 amide bonds. The molecule has 6 aromatic carbocycles. The first-order valence-corrected chi connectivity index (χ1v) is 15.0. The van der Waals surface area contributed by atoms with Crippen LogP contribution in [-0.4, -0.2) is 0 Å². The maximum Gasteiger partial charge on any atom is 0.0159 e. The summed E-state index contributed by atoms with van der Waals surface area (Å²) in [7, 11) is 0. The molecule has 0 atom stereocenters. The van der Waals surface area contributed by atoms with Gasteiger partial charge in [0.25, 0.3) is 0 Å². The van der Waals surface area contributed by atoms with Crippen LogP contribution in [0.4, 0.5) is 0 Å². The van der Waals surface area contributed by atoms with Crippen molar-refractivity contribution in [1.82, 2.24) is 0 Å². The fourth-order valence-electron chi connectivity index (χ4n) is 7.49. The van der Waals surface area contributed by atoms with Crippen molar-refractivity contribution in [2.45, 2.75) is 38.5 Å². The fourth-order valence-corrected chi connectivity index (χ4v) is 7.49. The van der Waals surface area contributed by atoms with E-state index in [1.807, 2.05) is 0 Å². The smallest absolute Gasteiger partial charge is 0.0159 e. The van der Waals surface area contributed by atoms with Crippen molar-refractivity contribution in [3.8, 4) is 55.6 Å². The van der Waals surface area contributed by atoms with E-state index in [2.05, 4.69) is 161 Å². The van der Waals surface area contributed by atoms with Gasteiger partial charge in [0, 0.05) is 10.8 Å². The van der Waals surface area contributed by atoms with Crippen molar-refractivity contribution >= 4 is 0 Å². The van der Waals surface area contributed by atoms with E-state index in [1.165, 1.54) is 77.9 Å². The van der Waals surface area contributed by atoms with Crippen LogP contribution in [0.2, 0.25) is 0 Å². The number of hydrogen-bond acceptors (Lipinski definition) is 0. The second-order valence-corrected chi connectivity index (χ2v) is 13.0. The molecule has 0 bridgehead atoms. The van der Waals surface area contributed by atoms with Crippen molar-refractivity contribution in [2.24, 2.45) is 0 Å². The monoisotopic (exact) mass is 538 g/mol. The van der Waals surface area contributed by atoms with E-state index >= 15 is 0 Å². The van der Waals surface area contributed by atoms with E-state index in [9.17, 15) is 0 Å². The largest absolute Gasteiger partial charge is 0.0622 e.